The van der Waals surface area contributed by atoms with Crippen molar-refractivity contribution in [1.82, 2.24) is 10.2 Å². The van der Waals surface area contributed by atoms with Gasteiger partial charge in [0.2, 0.25) is 0 Å². The number of amides is 2. The summed E-state index contributed by atoms with van der Waals surface area (Å²) in [6.07, 6.45) is 4.38. The SMILES string of the molecule is CC1(C)CC2CC(C)(CN2C(=O)NCCc2cccc(Br)c2)C1. The Bertz CT molecular complexity index is 601. The lowest BCUT2D eigenvalue weighted by molar-refractivity contribution is 0.129. The maximum Gasteiger partial charge on any atom is 0.317 e. The Hall–Kier alpha value is -1.03. The Balaban J connectivity index is 1.55. The molecule has 2 unspecified atom stereocenters. The van der Waals surface area contributed by atoms with Gasteiger partial charge in [-0.25, -0.2) is 4.79 Å². The number of hydrogen-bond donors (Lipinski definition) is 1. The van der Waals surface area contributed by atoms with Crippen molar-refractivity contribution in [1.29, 1.82) is 0 Å². The fourth-order valence-corrected chi connectivity index (χ4v) is 5.25. The zero-order valence-electron chi connectivity index (χ0n) is 14.4. The van der Waals surface area contributed by atoms with Crippen LogP contribution in [0.4, 0.5) is 4.79 Å². The standard InChI is InChI=1S/C19H27BrN2O/c1-18(2)10-16-11-19(3,12-18)13-22(16)17(23)21-8-7-14-5-4-6-15(20)9-14/h4-6,9,16H,7-8,10-13H2,1-3H3,(H,21,23). The second-order valence-corrected chi connectivity index (χ2v) is 9.37. The first-order chi connectivity index (χ1) is 10.8. The van der Waals surface area contributed by atoms with E-state index in [-0.39, 0.29) is 6.03 Å². The van der Waals surface area contributed by atoms with Gasteiger partial charge in [-0.05, 0) is 54.2 Å². The van der Waals surface area contributed by atoms with Gasteiger partial charge in [-0.15, -0.1) is 0 Å². The van der Waals surface area contributed by atoms with Gasteiger partial charge in [0.05, 0.1) is 0 Å². The molecule has 4 heteroatoms. The number of halogens is 1. The largest absolute Gasteiger partial charge is 0.338 e. The van der Waals surface area contributed by atoms with Gasteiger partial charge in [-0.2, -0.15) is 0 Å². The van der Waals surface area contributed by atoms with E-state index in [1.807, 2.05) is 12.1 Å². The minimum atomic E-state index is 0.117. The van der Waals surface area contributed by atoms with Crippen LogP contribution in [-0.4, -0.2) is 30.1 Å². The highest BCUT2D eigenvalue weighted by Crippen LogP contribution is 2.52. The van der Waals surface area contributed by atoms with Crippen LogP contribution >= 0.6 is 15.9 Å². The molecule has 3 nitrogen and oxygen atoms in total. The van der Waals surface area contributed by atoms with Crippen molar-refractivity contribution in [3.8, 4) is 0 Å². The molecule has 1 N–H and O–H groups in total. The number of rotatable bonds is 3. The molecule has 0 radical (unpaired) electrons. The first-order valence-corrected chi connectivity index (χ1v) is 9.35. The predicted molar refractivity (Wildman–Crippen MR) is 97.5 cm³/mol. The molecule has 2 aliphatic rings. The van der Waals surface area contributed by atoms with Crippen molar-refractivity contribution in [2.24, 2.45) is 10.8 Å². The number of likely N-dealkylation sites (tertiary alicyclic amines) is 1. The zero-order valence-corrected chi connectivity index (χ0v) is 15.9. The number of carbonyl (C=O) groups is 1. The van der Waals surface area contributed by atoms with E-state index in [1.54, 1.807) is 0 Å². The summed E-state index contributed by atoms with van der Waals surface area (Å²) in [6.45, 7) is 8.62. The molecule has 2 bridgehead atoms. The Morgan fingerprint density at radius 2 is 2.13 bits per heavy atom. The number of carbonyl (C=O) groups excluding carboxylic acids is 1. The third-order valence-corrected chi connectivity index (χ3v) is 5.75. The van der Waals surface area contributed by atoms with Gasteiger partial charge in [-0.1, -0.05) is 48.8 Å². The second kappa shape index (κ2) is 6.12. The fourth-order valence-electron chi connectivity index (χ4n) is 4.81. The minimum Gasteiger partial charge on any atom is -0.338 e. The van der Waals surface area contributed by atoms with Gasteiger partial charge in [-0.3, -0.25) is 0 Å². The molecule has 1 saturated heterocycles. The van der Waals surface area contributed by atoms with Crippen LogP contribution in [0.25, 0.3) is 0 Å². The topological polar surface area (TPSA) is 32.3 Å². The van der Waals surface area contributed by atoms with E-state index in [2.05, 4.69) is 59.1 Å². The molecule has 2 fully saturated rings. The monoisotopic (exact) mass is 378 g/mol. The summed E-state index contributed by atoms with van der Waals surface area (Å²) in [4.78, 5) is 14.7. The molecular weight excluding hydrogens is 352 g/mol. The maximum atomic E-state index is 12.6. The molecule has 1 aliphatic carbocycles. The second-order valence-electron chi connectivity index (χ2n) is 8.45. The zero-order chi connectivity index (χ0) is 16.7. The van der Waals surface area contributed by atoms with Crippen molar-refractivity contribution >= 4 is 22.0 Å². The van der Waals surface area contributed by atoms with E-state index in [0.29, 0.717) is 23.4 Å². The molecule has 1 aromatic rings. The fraction of sp³-hybridized carbons (Fsp3) is 0.632. The number of nitrogens with zero attached hydrogens (tertiary/aromatic N) is 1. The van der Waals surface area contributed by atoms with Gasteiger partial charge >= 0.3 is 6.03 Å². The molecule has 0 spiro atoms. The summed E-state index contributed by atoms with van der Waals surface area (Å²) in [5, 5.41) is 3.12. The Morgan fingerprint density at radius 3 is 2.87 bits per heavy atom. The molecular formula is C19H27BrN2O. The van der Waals surface area contributed by atoms with Crippen LogP contribution in [0.15, 0.2) is 28.7 Å². The minimum absolute atomic E-state index is 0.117. The van der Waals surface area contributed by atoms with Gasteiger partial charge in [0.1, 0.15) is 0 Å². The quantitative estimate of drug-likeness (QED) is 0.818. The highest BCUT2D eigenvalue weighted by molar-refractivity contribution is 9.10. The Morgan fingerprint density at radius 1 is 1.35 bits per heavy atom. The third-order valence-electron chi connectivity index (χ3n) is 5.25. The van der Waals surface area contributed by atoms with Crippen molar-refractivity contribution in [3.05, 3.63) is 34.3 Å². The number of benzene rings is 1. The lowest BCUT2D eigenvalue weighted by Crippen LogP contribution is -2.44. The van der Waals surface area contributed by atoms with Crippen LogP contribution in [0.3, 0.4) is 0 Å². The lowest BCUT2D eigenvalue weighted by atomic mass is 9.65. The van der Waals surface area contributed by atoms with Crippen LogP contribution in [0.2, 0.25) is 0 Å². The summed E-state index contributed by atoms with van der Waals surface area (Å²) >= 11 is 3.49. The first-order valence-electron chi connectivity index (χ1n) is 8.55. The third kappa shape index (κ3) is 3.90. The predicted octanol–water partition coefficient (Wildman–Crippen LogP) is 4.60. The first kappa shape index (κ1) is 16.8. The number of urea groups is 1. The smallest absolute Gasteiger partial charge is 0.317 e. The summed E-state index contributed by atoms with van der Waals surface area (Å²) < 4.78 is 1.09. The van der Waals surface area contributed by atoms with Gasteiger partial charge < -0.3 is 10.2 Å². The molecule has 1 heterocycles. The van der Waals surface area contributed by atoms with E-state index in [0.717, 1.165) is 30.3 Å². The number of nitrogens with one attached hydrogen (secondary N) is 1. The molecule has 3 rings (SSSR count). The highest BCUT2D eigenvalue weighted by atomic mass is 79.9. The lowest BCUT2D eigenvalue weighted by Gasteiger charge is -2.39. The summed E-state index contributed by atoms with van der Waals surface area (Å²) in [5.41, 5.74) is 1.89. The van der Waals surface area contributed by atoms with Crippen LogP contribution in [-0.2, 0) is 6.42 Å². The average Bonchev–Trinajstić information content (AvgIpc) is 2.68. The molecule has 23 heavy (non-hydrogen) atoms. The van der Waals surface area contributed by atoms with Crippen molar-refractivity contribution in [3.63, 3.8) is 0 Å². The van der Waals surface area contributed by atoms with Crippen LogP contribution < -0.4 is 5.32 Å². The van der Waals surface area contributed by atoms with Gasteiger partial charge in [0, 0.05) is 23.6 Å². The molecule has 2 amide bonds. The van der Waals surface area contributed by atoms with E-state index >= 15 is 0 Å². The van der Waals surface area contributed by atoms with E-state index < -0.39 is 0 Å². The average molecular weight is 379 g/mol. The molecule has 1 aliphatic heterocycles. The van der Waals surface area contributed by atoms with Crippen LogP contribution in [0.5, 0.6) is 0 Å². The molecule has 1 saturated carbocycles. The van der Waals surface area contributed by atoms with Crippen LogP contribution in [0, 0.1) is 10.8 Å². The van der Waals surface area contributed by atoms with Crippen LogP contribution in [0.1, 0.15) is 45.6 Å². The van der Waals surface area contributed by atoms with Crippen molar-refractivity contribution in [2.75, 3.05) is 13.1 Å². The molecule has 126 valence electrons. The van der Waals surface area contributed by atoms with Gasteiger partial charge in [0.15, 0.2) is 0 Å². The Labute approximate surface area is 148 Å². The molecule has 0 aromatic heterocycles. The summed E-state index contributed by atoms with van der Waals surface area (Å²) in [6, 6.07) is 8.80. The molecule has 2 atom stereocenters. The van der Waals surface area contributed by atoms with E-state index in [9.17, 15) is 4.79 Å². The number of fused-ring (bicyclic) bond motifs is 2. The highest BCUT2D eigenvalue weighted by Gasteiger charge is 2.50. The number of hydrogen-bond acceptors (Lipinski definition) is 1. The molecule has 1 aromatic carbocycles. The summed E-state index contributed by atoms with van der Waals surface area (Å²) in [5.74, 6) is 0. The Kier molecular flexibility index (Phi) is 4.47. The van der Waals surface area contributed by atoms with E-state index in [1.165, 1.54) is 12.0 Å². The van der Waals surface area contributed by atoms with Crippen molar-refractivity contribution in [2.45, 2.75) is 52.5 Å². The van der Waals surface area contributed by atoms with E-state index in [4.69, 9.17) is 0 Å². The maximum absolute atomic E-state index is 12.6. The normalized spacial score (nSPS) is 28.7. The van der Waals surface area contributed by atoms with Crippen molar-refractivity contribution < 1.29 is 4.79 Å². The summed E-state index contributed by atoms with van der Waals surface area (Å²) in [7, 11) is 0. The van der Waals surface area contributed by atoms with Gasteiger partial charge in [0.25, 0.3) is 0 Å².